The van der Waals surface area contributed by atoms with E-state index < -0.39 is 0 Å². The minimum atomic E-state index is -0.281. The van der Waals surface area contributed by atoms with Gasteiger partial charge in [0.05, 0.1) is 10.8 Å². The van der Waals surface area contributed by atoms with Crippen molar-refractivity contribution in [3.8, 4) is 0 Å². The number of H-pyrrole nitrogens is 2. The molecule has 0 bridgehead atoms. The maximum atomic E-state index is 12.0. The molecule has 5 nitrogen and oxygen atoms in total. The second kappa shape index (κ2) is 5.85. The van der Waals surface area contributed by atoms with Gasteiger partial charge in [-0.2, -0.15) is 0 Å². The Hall–Kier alpha value is -3.08. The van der Waals surface area contributed by atoms with Gasteiger partial charge in [-0.15, -0.1) is 0 Å². The third-order valence-corrected chi connectivity index (χ3v) is 4.42. The number of aromatic amines is 2. The molecule has 2 aliphatic rings. The molecular weight excluding hydrogens is 302 g/mol. The van der Waals surface area contributed by atoms with Crippen LogP contribution in [-0.4, -0.2) is 23.3 Å². The van der Waals surface area contributed by atoms with Gasteiger partial charge < -0.3 is 4.90 Å². The lowest BCUT2D eigenvalue weighted by molar-refractivity contribution is 0.973. The number of nitrogens with one attached hydrogen (secondary N) is 2. The standard InChI is InChI=1S/C19H17N3O2/c23-18-16-9-8-15(10-17(16)19(24)21-20-18)22-11-13-6-4-2-1-3-5-7-14(13)12-22/h2-10H,1,11-12H2,(H,20,23)(H,21,24)/b4-2-,5-3-,13-6-,14-7-. The molecule has 24 heavy (non-hydrogen) atoms. The maximum absolute atomic E-state index is 12.0. The van der Waals surface area contributed by atoms with Gasteiger partial charge in [-0.05, 0) is 35.8 Å². The number of aromatic nitrogens is 2. The quantitative estimate of drug-likeness (QED) is 0.848. The van der Waals surface area contributed by atoms with Crippen molar-refractivity contribution < 1.29 is 0 Å². The number of anilines is 1. The summed E-state index contributed by atoms with van der Waals surface area (Å²) in [7, 11) is 0. The molecule has 4 rings (SSSR count). The molecule has 0 radical (unpaired) electrons. The Morgan fingerprint density at radius 3 is 2.12 bits per heavy atom. The average Bonchev–Trinajstić information content (AvgIpc) is 3.03. The minimum Gasteiger partial charge on any atom is -0.363 e. The predicted molar refractivity (Wildman–Crippen MR) is 96.5 cm³/mol. The van der Waals surface area contributed by atoms with E-state index in [0.29, 0.717) is 10.8 Å². The van der Waals surface area contributed by atoms with E-state index in [-0.39, 0.29) is 11.1 Å². The van der Waals surface area contributed by atoms with Gasteiger partial charge in [-0.1, -0.05) is 36.5 Å². The Bertz CT molecular complexity index is 1000. The lowest BCUT2D eigenvalue weighted by Crippen LogP contribution is -2.21. The highest BCUT2D eigenvalue weighted by molar-refractivity contribution is 5.84. The Balaban J connectivity index is 1.75. The highest BCUT2D eigenvalue weighted by Crippen LogP contribution is 2.29. The van der Waals surface area contributed by atoms with Crippen molar-refractivity contribution in [1.82, 2.24) is 10.2 Å². The van der Waals surface area contributed by atoms with Crippen molar-refractivity contribution in [3.63, 3.8) is 0 Å². The van der Waals surface area contributed by atoms with E-state index in [1.54, 1.807) is 12.1 Å². The number of nitrogens with zero attached hydrogens (tertiary/aromatic N) is 1. The normalized spacial score (nSPS) is 24.1. The highest BCUT2D eigenvalue weighted by atomic mass is 16.1. The van der Waals surface area contributed by atoms with E-state index in [0.717, 1.165) is 25.2 Å². The average molecular weight is 319 g/mol. The number of allylic oxidation sites excluding steroid dienone is 6. The van der Waals surface area contributed by atoms with Crippen molar-refractivity contribution in [1.29, 1.82) is 0 Å². The summed E-state index contributed by atoms with van der Waals surface area (Å²) in [4.78, 5) is 26.0. The number of fused-ring (bicyclic) bond motifs is 2. The number of hydrogen-bond acceptors (Lipinski definition) is 3. The van der Waals surface area contributed by atoms with Gasteiger partial charge in [0.1, 0.15) is 0 Å². The smallest absolute Gasteiger partial charge is 0.270 e. The van der Waals surface area contributed by atoms with Crippen LogP contribution in [0.1, 0.15) is 6.42 Å². The third kappa shape index (κ3) is 2.54. The summed E-state index contributed by atoms with van der Waals surface area (Å²) in [6.45, 7) is 1.58. The van der Waals surface area contributed by atoms with Crippen LogP contribution in [0.15, 0.2) is 75.4 Å². The molecule has 0 saturated carbocycles. The van der Waals surface area contributed by atoms with E-state index >= 15 is 0 Å². The van der Waals surface area contributed by atoms with Crippen molar-refractivity contribution in [2.24, 2.45) is 0 Å². The zero-order chi connectivity index (χ0) is 16.5. The topological polar surface area (TPSA) is 69.0 Å². The third-order valence-electron chi connectivity index (χ3n) is 4.42. The molecule has 1 aromatic carbocycles. The van der Waals surface area contributed by atoms with E-state index in [2.05, 4.69) is 51.6 Å². The SMILES string of the molecule is O=c1[nH][nH]c(=O)c2cc(N3CC4=C/C=C\C\C=C/C=C\4C3)ccc12. The van der Waals surface area contributed by atoms with E-state index in [1.165, 1.54) is 11.1 Å². The highest BCUT2D eigenvalue weighted by Gasteiger charge is 2.22. The molecular formula is C19H17N3O2. The predicted octanol–water partition coefficient (Wildman–Crippen LogP) is 2.41. The van der Waals surface area contributed by atoms with Crippen LogP contribution in [0.2, 0.25) is 0 Å². The summed E-state index contributed by atoms with van der Waals surface area (Å²) in [6.07, 6.45) is 13.7. The molecule has 1 aliphatic carbocycles. The van der Waals surface area contributed by atoms with Crippen LogP contribution in [-0.2, 0) is 0 Å². The van der Waals surface area contributed by atoms with Crippen LogP contribution in [0, 0.1) is 0 Å². The second-order valence-corrected chi connectivity index (χ2v) is 5.97. The van der Waals surface area contributed by atoms with Crippen molar-refractivity contribution in [2.45, 2.75) is 6.42 Å². The monoisotopic (exact) mass is 319 g/mol. The summed E-state index contributed by atoms with van der Waals surface area (Å²) < 4.78 is 0. The van der Waals surface area contributed by atoms with E-state index in [9.17, 15) is 9.59 Å². The molecule has 2 heterocycles. The minimum absolute atomic E-state index is 0.280. The second-order valence-electron chi connectivity index (χ2n) is 5.97. The zero-order valence-electron chi connectivity index (χ0n) is 13.1. The van der Waals surface area contributed by atoms with E-state index in [1.807, 2.05) is 6.07 Å². The van der Waals surface area contributed by atoms with Gasteiger partial charge in [0.15, 0.2) is 0 Å². The van der Waals surface area contributed by atoms with Gasteiger partial charge in [-0.25, -0.2) is 0 Å². The fraction of sp³-hybridized carbons (Fsp3) is 0.158. The van der Waals surface area contributed by atoms with Crippen LogP contribution in [0.5, 0.6) is 0 Å². The number of hydrogen-bond donors (Lipinski definition) is 2. The first-order valence-electron chi connectivity index (χ1n) is 7.94. The Morgan fingerprint density at radius 1 is 0.833 bits per heavy atom. The molecule has 0 unspecified atom stereocenters. The van der Waals surface area contributed by atoms with Gasteiger partial charge in [0, 0.05) is 18.8 Å². The van der Waals surface area contributed by atoms with Crippen LogP contribution in [0.25, 0.3) is 10.8 Å². The summed E-state index contributed by atoms with van der Waals surface area (Å²) in [6, 6.07) is 5.41. The van der Waals surface area contributed by atoms with Crippen molar-refractivity contribution in [2.75, 3.05) is 18.0 Å². The van der Waals surface area contributed by atoms with Crippen molar-refractivity contribution >= 4 is 16.5 Å². The van der Waals surface area contributed by atoms with Crippen LogP contribution >= 0.6 is 0 Å². The maximum Gasteiger partial charge on any atom is 0.270 e. The molecule has 120 valence electrons. The number of benzene rings is 1. The molecule has 0 atom stereocenters. The Labute approximate surface area is 138 Å². The Morgan fingerprint density at radius 2 is 1.46 bits per heavy atom. The zero-order valence-corrected chi connectivity index (χ0v) is 13.1. The first-order valence-corrected chi connectivity index (χ1v) is 7.94. The first-order chi connectivity index (χ1) is 11.7. The summed E-state index contributed by atoms with van der Waals surface area (Å²) in [5.41, 5.74) is 2.93. The van der Waals surface area contributed by atoms with Gasteiger partial charge >= 0.3 is 0 Å². The lowest BCUT2D eigenvalue weighted by Gasteiger charge is -2.17. The summed E-state index contributed by atoms with van der Waals surface area (Å²) in [5, 5.41) is 5.56. The fourth-order valence-corrected chi connectivity index (χ4v) is 3.14. The summed E-state index contributed by atoms with van der Waals surface area (Å²) in [5.74, 6) is 0. The van der Waals surface area contributed by atoms with Gasteiger partial charge in [-0.3, -0.25) is 19.8 Å². The summed E-state index contributed by atoms with van der Waals surface area (Å²) >= 11 is 0. The fourth-order valence-electron chi connectivity index (χ4n) is 3.14. The van der Waals surface area contributed by atoms with E-state index in [4.69, 9.17) is 0 Å². The van der Waals surface area contributed by atoms with Gasteiger partial charge in [0.25, 0.3) is 11.1 Å². The molecule has 1 aliphatic heterocycles. The van der Waals surface area contributed by atoms with Crippen molar-refractivity contribution in [3.05, 3.63) is 86.5 Å². The molecule has 2 N–H and O–H groups in total. The van der Waals surface area contributed by atoms with Crippen LogP contribution in [0.3, 0.4) is 0 Å². The number of rotatable bonds is 1. The molecule has 2 aromatic rings. The van der Waals surface area contributed by atoms with Crippen LogP contribution < -0.4 is 16.0 Å². The van der Waals surface area contributed by atoms with Crippen LogP contribution in [0.4, 0.5) is 5.69 Å². The Kier molecular flexibility index (Phi) is 3.54. The molecule has 0 spiro atoms. The first kappa shape index (κ1) is 14.5. The molecule has 1 saturated heterocycles. The largest absolute Gasteiger partial charge is 0.363 e. The molecule has 1 aromatic heterocycles. The van der Waals surface area contributed by atoms with Gasteiger partial charge in [0.2, 0.25) is 0 Å². The molecule has 0 amide bonds. The molecule has 5 heteroatoms. The lowest BCUT2D eigenvalue weighted by atomic mass is 10.1. The molecule has 1 fully saturated rings.